The summed E-state index contributed by atoms with van der Waals surface area (Å²) in [4.78, 5) is 26.8. The number of rotatable bonds is 4. The first kappa shape index (κ1) is 19.9. The highest BCUT2D eigenvalue weighted by molar-refractivity contribution is 6.05. The average Bonchev–Trinajstić information content (AvgIpc) is 2.65. The fourth-order valence-corrected chi connectivity index (χ4v) is 3.26. The van der Waals surface area contributed by atoms with Gasteiger partial charge in [-0.2, -0.15) is 0 Å². The SMILES string of the molecule is CCCN1C(=O)C(C)Oc2ccc(NC(=O)c3ccc(C(C)(C)C)cc3)cc21. The smallest absolute Gasteiger partial charge is 0.267 e. The number of benzene rings is 2. The molecule has 0 saturated heterocycles. The molecule has 28 heavy (non-hydrogen) atoms. The average molecular weight is 380 g/mol. The molecule has 0 aromatic heterocycles. The topological polar surface area (TPSA) is 58.6 Å². The van der Waals surface area contributed by atoms with Crippen LogP contribution >= 0.6 is 0 Å². The number of hydrogen-bond acceptors (Lipinski definition) is 3. The van der Waals surface area contributed by atoms with Gasteiger partial charge in [0.15, 0.2) is 6.10 Å². The molecule has 1 aliphatic heterocycles. The van der Waals surface area contributed by atoms with Crippen molar-refractivity contribution in [3.05, 3.63) is 53.6 Å². The van der Waals surface area contributed by atoms with Crippen molar-refractivity contribution in [3.8, 4) is 5.75 Å². The Morgan fingerprint density at radius 1 is 1.14 bits per heavy atom. The minimum atomic E-state index is -0.499. The molecular formula is C23H28N2O3. The second-order valence-corrected chi connectivity index (χ2v) is 8.21. The van der Waals surface area contributed by atoms with Gasteiger partial charge in [-0.3, -0.25) is 9.59 Å². The molecule has 1 unspecified atom stereocenters. The summed E-state index contributed by atoms with van der Waals surface area (Å²) >= 11 is 0. The Labute approximate surface area is 166 Å². The van der Waals surface area contributed by atoms with Crippen molar-refractivity contribution in [3.63, 3.8) is 0 Å². The molecule has 1 aliphatic rings. The van der Waals surface area contributed by atoms with Gasteiger partial charge in [-0.25, -0.2) is 0 Å². The quantitative estimate of drug-likeness (QED) is 0.832. The van der Waals surface area contributed by atoms with Crippen LogP contribution in [0.1, 0.15) is 57.0 Å². The van der Waals surface area contributed by atoms with Crippen LogP contribution in [0.25, 0.3) is 0 Å². The first-order valence-corrected chi connectivity index (χ1v) is 9.74. The standard InChI is InChI=1S/C23H28N2O3/c1-6-13-25-19-14-18(11-12-20(19)28-15(2)22(25)27)24-21(26)16-7-9-17(10-8-16)23(3,4)5/h7-12,14-15H,6,13H2,1-5H3,(H,24,26). The first-order valence-electron chi connectivity index (χ1n) is 9.74. The highest BCUT2D eigenvalue weighted by Gasteiger charge is 2.31. The van der Waals surface area contributed by atoms with Crippen LogP contribution in [0.15, 0.2) is 42.5 Å². The molecule has 1 atom stereocenters. The zero-order valence-corrected chi connectivity index (χ0v) is 17.2. The van der Waals surface area contributed by atoms with E-state index in [0.29, 0.717) is 29.2 Å². The number of amides is 2. The molecule has 0 radical (unpaired) electrons. The molecule has 1 heterocycles. The molecule has 0 bridgehead atoms. The van der Waals surface area contributed by atoms with Gasteiger partial charge < -0.3 is 15.0 Å². The Balaban J connectivity index is 1.82. The summed E-state index contributed by atoms with van der Waals surface area (Å²) in [5, 5.41) is 2.92. The van der Waals surface area contributed by atoms with Crippen molar-refractivity contribution < 1.29 is 14.3 Å². The van der Waals surface area contributed by atoms with Crippen molar-refractivity contribution in [2.45, 2.75) is 52.6 Å². The number of nitrogens with zero attached hydrogens (tertiary/aromatic N) is 1. The molecule has 2 amide bonds. The Morgan fingerprint density at radius 2 is 1.82 bits per heavy atom. The Morgan fingerprint density at radius 3 is 2.43 bits per heavy atom. The third-order valence-electron chi connectivity index (χ3n) is 4.89. The maximum absolute atomic E-state index is 12.6. The van der Waals surface area contributed by atoms with Crippen molar-refractivity contribution >= 4 is 23.2 Å². The van der Waals surface area contributed by atoms with Crippen LogP contribution in [0, 0.1) is 0 Å². The summed E-state index contributed by atoms with van der Waals surface area (Å²) in [7, 11) is 0. The maximum atomic E-state index is 12.6. The molecular weight excluding hydrogens is 352 g/mol. The fourth-order valence-electron chi connectivity index (χ4n) is 3.26. The van der Waals surface area contributed by atoms with Crippen LogP contribution < -0.4 is 15.0 Å². The minimum absolute atomic E-state index is 0.0416. The van der Waals surface area contributed by atoms with E-state index in [1.807, 2.05) is 31.2 Å². The number of ether oxygens (including phenoxy) is 1. The predicted molar refractivity (Wildman–Crippen MR) is 112 cm³/mol. The van der Waals surface area contributed by atoms with Crippen molar-refractivity contribution in [1.82, 2.24) is 0 Å². The lowest BCUT2D eigenvalue weighted by molar-refractivity contribution is -0.125. The second kappa shape index (κ2) is 7.66. The normalized spacial score (nSPS) is 16.4. The van der Waals surface area contributed by atoms with E-state index in [4.69, 9.17) is 4.74 Å². The lowest BCUT2D eigenvalue weighted by Crippen LogP contribution is -2.44. The summed E-state index contributed by atoms with van der Waals surface area (Å²) in [6, 6.07) is 13.1. The molecule has 0 saturated carbocycles. The van der Waals surface area contributed by atoms with Gasteiger partial charge in [0.2, 0.25) is 0 Å². The molecule has 5 heteroatoms. The third kappa shape index (κ3) is 4.03. The van der Waals surface area contributed by atoms with Crippen LogP contribution in [0.2, 0.25) is 0 Å². The molecule has 2 aromatic carbocycles. The predicted octanol–water partition coefficient (Wildman–Crippen LogP) is 4.76. The van der Waals surface area contributed by atoms with Gasteiger partial charge in [-0.05, 0) is 54.7 Å². The monoisotopic (exact) mass is 380 g/mol. The van der Waals surface area contributed by atoms with E-state index in [2.05, 4.69) is 26.1 Å². The van der Waals surface area contributed by atoms with Gasteiger partial charge in [-0.1, -0.05) is 39.8 Å². The van der Waals surface area contributed by atoms with E-state index >= 15 is 0 Å². The second-order valence-electron chi connectivity index (χ2n) is 8.21. The van der Waals surface area contributed by atoms with Gasteiger partial charge in [0.05, 0.1) is 5.69 Å². The molecule has 0 aliphatic carbocycles. The van der Waals surface area contributed by atoms with Gasteiger partial charge in [0.1, 0.15) is 5.75 Å². The first-order chi connectivity index (χ1) is 13.2. The summed E-state index contributed by atoms with van der Waals surface area (Å²) in [5.41, 5.74) is 3.15. The summed E-state index contributed by atoms with van der Waals surface area (Å²) in [6.45, 7) is 10.8. The molecule has 5 nitrogen and oxygen atoms in total. The molecule has 1 N–H and O–H groups in total. The van der Waals surface area contributed by atoms with Crippen molar-refractivity contribution in [2.24, 2.45) is 0 Å². The Hall–Kier alpha value is -2.82. The van der Waals surface area contributed by atoms with E-state index in [-0.39, 0.29) is 17.2 Å². The third-order valence-corrected chi connectivity index (χ3v) is 4.89. The number of carbonyl (C=O) groups excluding carboxylic acids is 2. The number of hydrogen-bond donors (Lipinski definition) is 1. The molecule has 0 spiro atoms. The van der Waals surface area contributed by atoms with Gasteiger partial charge in [0.25, 0.3) is 11.8 Å². The largest absolute Gasteiger partial charge is 0.479 e. The number of anilines is 2. The summed E-state index contributed by atoms with van der Waals surface area (Å²) in [6.07, 6.45) is 0.343. The van der Waals surface area contributed by atoms with Gasteiger partial charge in [-0.15, -0.1) is 0 Å². The molecule has 0 fully saturated rings. The fraction of sp³-hybridized carbons (Fsp3) is 0.391. The lowest BCUT2D eigenvalue weighted by Gasteiger charge is -2.33. The van der Waals surface area contributed by atoms with Crippen LogP contribution in [-0.2, 0) is 10.2 Å². The zero-order valence-electron chi connectivity index (χ0n) is 17.2. The number of carbonyl (C=O) groups is 2. The number of fused-ring (bicyclic) bond motifs is 1. The van der Waals surface area contributed by atoms with Crippen LogP contribution in [-0.4, -0.2) is 24.5 Å². The van der Waals surface area contributed by atoms with E-state index < -0.39 is 6.10 Å². The van der Waals surface area contributed by atoms with Gasteiger partial charge >= 0.3 is 0 Å². The van der Waals surface area contributed by atoms with Crippen molar-refractivity contribution in [2.75, 3.05) is 16.8 Å². The van der Waals surface area contributed by atoms with E-state index in [9.17, 15) is 9.59 Å². The minimum Gasteiger partial charge on any atom is -0.479 e. The lowest BCUT2D eigenvalue weighted by atomic mass is 9.87. The highest BCUT2D eigenvalue weighted by Crippen LogP contribution is 2.36. The zero-order chi connectivity index (χ0) is 20.5. The highest BCUT2D eigenvalue weighted by atomic mass is 16.5. The Kier molecular flexibility index (Phi) is 5.45. The summed E-state index contributed by atoms with van der Waals surface area (Å²) in [5.74, 6) is 0.419. The summed E-state index contributed by atoms with van der Waals surface area (Å²) < 4.78 is 5.71. The van der Waals surface area contributed by atoms with Crippen molar-refractivity contribution in [1.29, 1.82) is 0 Å². The van der Waals surface area contributed by atoms with E-state index in [0.717, 1.165) is 6.42 Å². The Bertz CT molecular complexity index is 882. The van der Waals surface area contributed by atoms with E-state index in [1.165, 1.54) is 5.56 Å². The molecule has 2 aromatic rings. The molecule has 148 valence electrons. The van der Waals surface area contributed by atoms with Crippen LogP contribution in [0.5, 0.6) is 5.75 Å². The molecule has 3 rings (SSSR count). The van der Waals surface area contributed by atoms with Crippen LogP contribution in [0.3, 0.4) is 0 Å². The number of nitrogens with one attached hydrogen (secondary N) is 1. The maximum Gasteiger partial charge on any atom is 0.267 e. The van der Waals surface area contributed by atoms with E-state index in [1.54, 1.807) is 30.0 Å². The van der Waals surface area contributed by atoms with Gasteiger partial charge in [0, 0.05) is 17.8 Å². The van der Waals surface area contributed by atoms with Crippen LogP contribution in [0.4, 0.5) is 11.4 Å².